The maximum Gasteiger partial charge on any atom is 0.222 e. The van der Waals surface area contributed by atoms with Crippen molar-refractivity contribution in [3.63, 3.8) is 0 Å². The SMILES string of the molecule is CCCC(=O)N1CCc2cc(OC3CCN(C(C)C)CC3)sc2C1. The van der Waals surface area contributed by atoms with E-state index in [0.29, 0.717) is 24.5 Å². The standard InChI is InChI=1S/C19H30N2O2S/c1-4-5-18(22)21-9-6-15-12-19(24-17(15)13-21)23-16-7-10-20(11-8-16)14(2)3/h12,14,16H,4-11,13H2,1-3H3. The molecule has 1 fully saturated rings. The van der Waals surface area contributed by atoms with E-state index >= 15 is 0 Å². The molecule has 0 radical (unpaired) electrons. The highest BCUT2D eigenvalue weighted by Gasteiger charge is 2.25. The summed E-state index contributed by atoms with van der Waals surface area (Å²) in [4.78, 5) is 18.0. The van der Waals surface area contributed by atoms with Gasteiger partial charge in [-0.1, -0.05) is 6.92 Å². The fraction of sp³-hybridized carbons (Fsp3) is 0.737. The molecular formula is C19H30N2O2S. The van der Waals surface area contributed by atoms with Crippen LogP contribution in [-0.4, -0.2) is 47.5 Å². The second-order valence-corrected chi connectivity index (χ2v) is 8.38. The predicted octanol–water partition coefficient (Wildman–Crippen LogP) is 3.68. The summed E-state index contributed by atoms with van der Waals surface area (Å²) in [5, 5.41) is 1.05. The van der Waals surface area contributed by atoms with E-state index in [1.165, 1.54) is 10.4 Å². The third-order valence-electron chi connectivity index (χ3n) is 5.17. The topological polar surface area (TPSA) is 32.8 Å². The van der Waals surface area contributed by atoms with Crippen LogP contribution >= 0.6 is 11.3 Å². The maximum atomic E-state index is 12.1. The largest absolute Gasteiger partial charge is 0.481 e. The Kier molecular flexibility index (Phi) is 5.82. The van der Waals surface area contributed by atoms with Gasteiger partial charge in [0, 0.05) is 37.0 Å². The molecule has 1 aromatic heterocycles. The van der Waals surface area contributed by atoms with Gasteiger partial charge in [-0.2, -0.15) is 0 Å². The molecule has 0 unspecified atom stereocenters. The molecular weight excluding hydrogens is 320 g/mol. The molecule has 24 heavy (non-hydrogen) atoms. The van der Waals surface area contributed by atoms with Crippen LogP contribution < -0.4 is 4.74 Å². The molecule has 0 saturated carbocycles. The first-order valence-electron chi connectivity index (χ1n) is 9.37. The van der Waals surface area contributed by atoms with Crippen LogP contribution in [0.4, 0.5) is 0 Å². The van der Waals surface area contributed by atoms with Crippen LogP contribution in [0.3, 0.4) is 0 Å². The number of hydrogen-bond acceptors (Lipinski definition) is 4. The van der Waals surface area contributed by atoms with Crippen molar-refractivity contribution >= 4 is 17.2 Å². The molecule has 0 N–H and O–H groups in total. The molecule has 0 aromatic carbocycles. The van der Waals surface area contributed by atoms with Crippen molar-refractivity contribution < 1.29 is 9.53 Å². The van der Waals surface area contributed by atoms with E-state index in [1.54, 1.807) is 11.3 Å². The van der Waals surface area contributed by atoms with Gasteiger partial charge in [0.1, 0.15) is 6.10 Å². The van der Waals surface area contributed by atoms with Gasteiger partial charge in [0.2, 0.25) is 5.91 Å². The Hall–Kier alpha value is -1.07. The Morgan fingerprint density at radius 2 is 2.08 bits per heavy atom. The van der Waals surface area contributed by atoms with E-state index in [0.717, 1.165) is 56.9 Å². The van der Waals surface area contributed by atoms with Crippen molar-refractivity contribution in [2.75, 3.05) is 19.6 Å². The van der Waals surface area contributed by atoms with Crippen LogP contribution in [0.2, 0.25) is 0 Å². The van der Waals surface area contributed by atoms with Crippen molar-refractivity contribution in [3.8, 4) is 5.06 Å². The second kappa shape index (κ2) is 7.87. The van der Waals surface area contributed by atoms with Crippen LogP contribution in [0.25, 0.3) is 0 Å². The van der Waals surface area contributed by atoms with E-state index in [-0.39, 0.29) is 0 Å². The van der Waals surface area contributed by atoms with Crippen LogP contribution in [0.1, 0.15) is 56.9 Å². The zero-order valence-electron chi connectivity index (χ0n) is 15.2. The summed E-state index contributed by atoms with van der Waals surface area (Å²) in [7, 11) is 0. The number of piperidine rings is 1. The van der Waals surface area contributed by atoms with E-state index in [9.17, 15) is 4.79 Å². The summed E-state index contributed by atoms with van der Waals surface area (Å²) in [6.45, 7) is 10.5. The van der Waals surface area contributed by atoms with Crippen molar-refractivity contribution in [1.29, 1.82) is 0 Å². The quantitative estimate of drug-likeness (QED) is 0.812. The molecule has 0 atom stereocenters. The molecule has 3 heterocycles. The van der Waals surface area contributed by atoms with Crippen molar-refractivity contribution in [1.82, 2.24) is 9.80 Å². The van der Waals surface area contributed by atoms with Gasteiger partial charge in [0.15, 0.2) is 5.06 Å². The number of hydrogen-bond donors (Lipinski definition) is 0. The fourth-order valence-corrected chi connectivity index (χ4v) is 4.75. The third-order valence-corrected chi connectivity index (χ3v) is 6.22. The molecule has 1 aromatic rings. The lowest BCUT2D eigenvalue weighted by atomic mass is 10.1. The summed E-state index contributed by atoms with van der Waals surface area (Å²) < 4.78 is 6.27. The number of carbonyl (C=O) groups excluding carboxylic acids is 1. The second-order valence-electron chi connectivity index (χ2n) is 7.28. The number of likely N-dealkylation sites (tertiary alicyclic amines) is 1. The zero-order valence-corrected chi connectivity index (χ0v) is 16.0. The molecule has 0 bridgehead atoms. The molecule has 134 valence electrons. The molecule has 2 aliphatic rings. The lowest BCUT2D eigenvalue weighted by Crippen LogP contribution is -2.41. The number of ether oxygens (including phenoxy) is 1. The van der Waals surface area contributed by atoms with Gasteiger partial charge in [0.25, 0.3) is 0 Å². The van der Waals surface area contributed by atoms with Gasteiger partial charge >= 0.3 is 0 Å². The molecule has 0 aliphatic carbocycles. The number of fused-ring (bicyclic) bond motifs is 1. The molecule has 5 heteroatoms. The molecule has 2 aliphatic heterocycles. The highest BCUT2D eigenvalue weighted by molar-refractivity contribution is 7.14. The summed E-state index contributed by atoms with van der Waals surface area (Å²) in [5.41, 5.74) is 1.38. The maximum absolute atomic E-state index is 12.1. The fourth-order valence-electron chi connectivity index (χ4n) is 3.61. The lowest BCUT2D eigenvalue weighted by Gasteiger charge is -2.34. The van der Waals surface area contributed by atoms with Crippen LogP contribution in [0, 0.1) is 0 Å². The Bertz CT molecular complexity index is 562. The summed E-state index contributed by atoms with van der Waals surface area (Å²) in [5.74, 6) is 0.292. The zero-order chi connectivity index (χ0) is 17.1. The van der Waals surface area contributed by atoms with Gasteiger partial charge in [0.05, 0.1) is 6.54 Å². The van der Waals surface area contributed by atoms with E-state index < -0.39 is 0 Å². The number of carbonyl (C=O) groups is 1. The predicted molar refractivity (Wildman–Crippen MR) is 98.7 cm³/mol. The third kappa shape index (κ3) is 4.12. The Morgan fingerprint density at radius 3 is 2.75 bits per heavy atom. The number of thiophene rings is 1. The Labute approximate surface area is 149 Å². The van der Waals surface area contributed by atoms with E-state index in [2.05, 4.69) is 31.7 Å². The smallest absolute Gasteiger partial charge is 0.222 e. The highest BCUT2D eigenvalue weighted by atomic mass is 32.1. The summed E-state index contributed by atoms with van der Waals surface area (Å²) in [6.07, 6.45) is 5.13. The van der Waals surface area contributed by atoms with Gasteiger partial charge < -0.3 is 14.5 Å². The average Bonchev–Trinajstić information content (AvgIpc) is 2.96. The van der Waals surface area contributed by atoms with E-state index in [1.807, 2.05) is 4.90 Å². The van der Waals surface area contributed by atoms with Gasteiger partial charge in [-0.05, 0) is 51.2 Å². The number of amides is 1. The molecule has 3 rings (SSSR count). The van der Waals surface area contributed by atoms with Crippen molar-refractivity contribution in [3.05, 3.63) is 16.5 Å². The average molecular weight is 351 g/mol. The van der Waals surface area contributed by atoms with Crippen molar-refractivity contribution in [2.24, 2.45) is 0 Å². The Morgan fingerprint density at radius 1 is 1.33 bits per heavy atom. The first-order chi connectivity index (χ1) is 11.6. The monoisotopic (exact) mass is 350 g/mol. The van der Waals surface area contributed by atoms with Gasteiger partial charge in [-0.3, -0.25) is 4.79 Å². The van der Waals surface area contributed by atoms with Crippen LogP contribution in [0.15, 0.2) is 6.07 Å². The first kappa shape index (κ1) is 17.7. The molecule has 0 spiro atoms. The van der Waals surface area contributed by atoms with Crippen LogP contribution in [0.5, 0.6) is 5.06 Å². The van der Waals surface area contributed by atoms with Crippen molar-refractivity contribution in [2.45, 2.75) is 71.6 Å². The molecule has 4 nitrogen and oxygen atoms in total. The first-order valence-corrected chi connectivity index (χ1v) is 10.2. The number of rotatable bonds is 5. The minimum atomic E-state index is 0.292. The van der Waals surface area contributed by atoms with E-state index in [4.69, 9.17) is 4.74 Å². The minimum absolute atomic E-state index is 0.292. The molecule has 1 saturated heterocycles. The van der Waals surface area contributed by atoms with Gasteiger partial charge in [-0.25, -0.2) is 0 Å². The highest BCUT2D eigenvalue weighted by Crippen LogP contribution is 2.35. The number of nitrogens with zero attached hydrogens (tertiary/aromatic N) is 2. The minimum Gasteiger partial charge on any atom is -0.481 e. The Balaban J connectivity index is 1.55. The van der Waals surface area contributed by atoms with Crippen LogP contribution in [-0.2, 0) is 17.8 Å². The van der Waals surface area contributed by atoms with Gasteiger partial charge in [-0.15, -0.1) is 11.3 Å². The summed E-state index contributed by atoms with van der Waals surface area (Å²) >= 11 is 1.75. The molecule has 1 amide bonds. The summed E-state index contributed by atoms with van der Waals surface area (Å²) in [6, 6.07) is 2.85. The normalized spacial score (nSPS) is 19.6. The lowest BCUT2D eigenvalue weighted by molar-refractivity contribution is -0.132.